The summed E-state index contributed by atoms with van der Waals surface area (Å²) in [6, 6.07) is 1.68. The fourth-order valence-corrected chi connectivity index (χ4v) is 1.78. The van der Waals surface area contributed by atoms with Crippen LogP contribution >= 0.6 is 0 Å². The van der Waals surface area contributed by atoms with Crippen molar-refractivity contribution in [2.45, 2.75) is 20.4 Å². The first-order valence-electron chi connectivity index (χ1n) is 5.93. The second-order valence-electron chi connectivity index (χ2n) is 4.08. The number of aromatic amines is 1. The van der Waals surface area contributed by atoms with E-state index in [9.17, 15) is 4.79 Å². The van der Waals surface area contributed by atoms with Crippen LogP contribution in [0.5, 0.6) is 0 Å². The first kappa shape index (κ1) is 13.6. The van der Waals surface area contributed by atoms with Gasteiger partial charge < -0.3 is 16.3 Å². The lowest BCUT2D eigenvalue weighted by atomic mass is 10.3. The molecule has 2 aromatic rings. The number of rotatable bonds is 4. The van der Waals surface area contributed by atoms with Crippen LogP contribution in [0.25, 0.3) is 0 Å². The summed E-state index contributed by atoms with van der Waals surface area (Å²) in [7, 11) is 0. The molecule has 0 saturated heterocycles. The van der Waals surface area contributed by atoms with Gasteiger partial charge in [0, 0.05) is 6.54 Å². The van der Waals surface area contributed by atoms with Crippen molar-refractivity contribution in [2.24, 2.45) is 10.9 Å². The minimum absolute atomic E-state index is 0.144. The molecule has 0 saturated carbocycles. The van der Waals surface area contributed by atoms with E-state index in [-0.39, 0.29) is 17.6 Å². The molecule has 2 heterocycles. The molecule has 0 aromatic carbocycles. The number of aryl methyl sites for hydroxylation is 2. The quantitative estimate of drug-likeness (QED) is 0.275. The number of hydrogen-bond donors (Lipinski definition) is 4. The molecular formula is C11H15N7O2. The number of amides is 1. The molecule has 0 unspecified atom stereocenters. The summed E-state index contributed by atoms with van der Waals surface area (Å²) in [5.74, 6) is -0.246. The highest BCUT2D eigenvalue weighted by Crippen LogP contribution is 2.13. The molecule has 9 nitrogen and oxygen atoms in total. The van der Waals surface area contributed by atoms with Crippen LogP contribution in [0, 0.1) is 6.92 Å². The molecule has 0 aliphatic carbocycles. The molecule has 0 aliphatic rings. The molecule has 0 bridgehead atoms. The lowest BCUT2D eigenvalue weighted by Gasteiger charge is -2.06. The monoisotopic (exact) mass is 277 g/mol. The Labute approximate surface area is 114 Å². The van der Waals surface area contributed by atoms with Crippen molar-refractivity contribution in [1.82, 2.24) is 20.0 Å². The van der Waals surface area contributed by atoms with Crippen LogP contribution in [0.4, 0.5) is 5.82 Å². The van der Waals surface area contributed by atoms with Gasteiger partial charge in [0.05, 0.1) is 17.5 Å². The number of nitrogens with zero attached hydrogens (tertiary/aromatic N) is 4. The molecular weight excluding hydrogens is 262 g/mol. The minimum atomic E-state index is -0.358. The van der Waals surface area contributed by atoms with Crippen LogP contribution in [-0.2, 0) is 6.54 Å². The Morgan fingerprint density at radius 3 is 3.05 bits per heavy atom. The molecule has 0 atom stereocenters. The van der Waals surface area contributed by atoms with Crippen LogP contribution in [0.1, 0.15) is 28.7 Å². The van der Waals surface area contributed by atoms with Crippen LogP contribution in [-0.4, -0.2) is 36.9 Å². The van der Waals surface area contributed by atoms with Gasteiger partial charge in [0.15, 0.2) is 5.84 Å². The number of H-pyrrole nitrogens is 1. The molecule has 0 radical (unpaired) electrons. The average Bonchev–Trinajstić information content (AvgIpc) is 3.04. The standard InChI is InChI=1S/C11H15N7O2/c1-3-18-8(4-6(2)16-18)11(19)14-10-7(5-13-15-10)9(12)17-20/h4-5,20H,3H2,1-2H3,(H2,12,17)(H2,13,14,15,19). The van der Waals surface area contributed by atoms with Gasteiger partial charge in [-0.3, -0.25) is 14.6 Å². The van der Waals surface area contributed by atoms with Gasteiger partial charge in [0.2, 0.25) is 0 Å². The lowest BCUT2D eigenvalue weighted by molar-refractivity contribution is 0.101. The number of amidine groups is 1. The molecule has 1 amide bonds. The number of anilines is 1. The Bertz CT molecular complexity index is 656. The van der Waals surface area contributed by atoms with Gasteiger partial charge in [-0.25, -0.2) is 0 Å². The van der Waals surface area contributed by atoms with Crippen molar-refractivity contribution in [3.63, 3.8) is 0 Å². The lowest BCUT2D eigenvalue weighted by Crippen LogP contribution is -2.20. The topological polar surface area (TPSA) is 134 Å². The Hall–Kier alpha value is -2.84. The molecule has 2 rings (SSSR count). The van der Waals surface area contributed by atoms with E-state index >= 15 is 0 Å². The summed E-state index contributed by atoms with van der Waals surface area (Å²) in [5.41, 5.74) is 6.96. The number of carbonyl (C=O) groups excluding carboxylic acids is 1. The first-order chi connectivity index (χ1) is 9.56. The highest BCUT2D eigenvalue weighted by molar-refractivity contribution is 6.08. The van der Waals surface area contributed by atoms with Crippen LogP contribution in [0.15, 0.2) is 17.4 Å². The average molecular weight is 277 g/mol. The van der Waals surface area contributed by atoms with Gasteiger partial charge in [-0.1, -0.05) is 5.16 Å². The zero-order valence-electron chi connectivity index (χ0n) is 11.1. The zero-order valence-corrected chi connectivity index (χ0v) is 11.1. The van der Waals surface area contributed by atoms with E-state index in [2.05, 4.69) is 25.8 Å². The van der Waals surface area contributed by atoms with Gasteiger partial charge in [-0.15, -0.1) is 0 Å². The van der Waals surface area contributed by atoms with E-state index in [0.717, 1.165) is 5.69 Å². The molecule has 0 fully saturated rings. The van der Waals surface area contributed by atoms with Gasteiger partial charge in [-0.05, 0) is 19.9 Å². The molecule has 20 heavy (non-hydrogen) atoms. The Balaban J connectivity index is 2.26. The number of oxime groups is 1. The zero-order chi connectivity index (χ0) is 14.7. The highest BCUT2D eigenvalue weighted by Gasteiger charge is 2.17. The third kappa shape index (κ3) is 2.46. The summed E-state index contributed by atoms with van der Waals surface area (Å²) < 4.78 is 1.59. The van der Waals surface area contributed by atoms with Crippen molar-refractivity contribution < 1.29 is 10.0 Å². The molecule has 9 heteroatoms. The van der Waals surface area contributed by atoms with E-state index < -0.39 is 0 Å². The van der Waals surface area contributed by atoms with E-state index in [1.54, 1.807) is 17.7 Å². The fraction of sp³-hybridized carbons (Fsp3) is 0.273. The number of nitrogens with two attached hydrogens (primary N) is 1. The summed E-state index contributed by atoms with van der Waals surface area (Å²) in [4.78, 5) is 12.2. The van der Waals surface area contributed by atoms with Gasteiger partial charge in [-0.2, -0.15) is 10.2 Å². The van der Waals surface area contributed by atoms with Crippen LogP contribution in [0.3, 0.4) is 0 Å². The van der Waals surface area contributed by atoms with Crippen LogP contribution < -0.4 is 11.1 Å². The SMILES string of the molecule is CCn1nc(C)cc1C(=O)Nc1[nH]ncc1C(N)=NO. The maximum absolute atomic E-state index is 12.2. The summed E-state index contributed by atoms with van der Waals surface area (Å²) in [6.07, 6.45) is 1.35. The Morgan fingerprint density at radius 2 is 2.40 bits per heavy atom. The minimum Gasteiger partial charge on any atom is -0.409 e. The third-order valence-electron chi connectivity index (χ3n) is 2.70. The van der Waals surface area contributed by atoms with Crippen molar-refractivity contribution in [3.05, 3.63) is 29.2 Å². The smallest absolute Gasteiger partial charge is 0.275 e. The van der Waals surface area contributed by atoms with E-state index in [4.69, 9.17) is 10.9 Å². The maximum atomic E-state index is 12.2. The predicted molar refractivity (Wildman–Crippen MR) is 71.7 cm³/mol. The summed E-state index contributed by atoms with van der Waals surface area (Å²) in [5, 5.41) is 24.7. The normalized spacial score (nSPS) is 11.6. The second kappa shape index (κ2) is 5.43. The Kier molecular flexibility index (Phi) is 3.69. The predicted octanol–water partition coefficient (Wildman–Crippen LogP) is 0.281. The number of nitrogens with one attached hydrogen (secondary N) is 2. The number of carbonyl (C=O) groups is 1. The highest BCUT2D eigenvalue weighted by atomic mass is 16.4. The van der Waals surface area contributed by atoms with E-state index in [1.807, 2.05) is 6.92 Å². The fourth-order valence-electron chi connectivity index (χ4n) is 1.78. The van der Waals surface area contributed by atoms with Gasteiger partial charge in [0.1, 0.15) is 11.5 Å². The largest absolute Gasteiger partial charge is 0.409 e. The molecule has 0 aliphatic heterocycles. The number of aromatic nitrogens is 4. The van der Waals surface area contributed by atoms with E-state index in [1.165, 1.54) is 6.20 Å². The first-order valence-corrected chi connectivity index (χ1v) is 5.93. The van der Waals surface area contributed by atoms with Crippen molar-refractivity contribution in [2.75, 3.05) is 5.32 Å². The van der Waals surface area contributed by atoms with E-state index in [0.29, 0.717) is 17.8 Å². The molecule has 0 spiro atoms. The van der Waals surface area contributed by atoms with Crippen molar-refractivity contribution in [3.8, 4) is 0 Å². The maximum Gasteiger partial charge on any atom is 0.275 e. The summed E-state index contributed by atoms with van der Waals surface area (Å²) in [6.45, 7) is 4.27. The second-order valence-corrected chi connectivity index (χ2v) is 4.08. The van der Waals surface area contributed by atoms with Crippen molar-refractivity contribution >= 4 is 17.6 Å². The van der Waals surface area contributed by atoms with Gasteiger partial charge >= 0.3 is 0 Å². The van der Waals surface area contributed by atoms with Crippen molar-refractivity contribution in [1.29, 1.82) is 0 Å². The Morgan fingerprint density at radius 1 is 1.65 bits per heavy atom. The third-order valence-corrected chi connectivity index (χ3v) is 2.70. The molecule has 2 aromatic heterocycles. The molecule has 106 valence electrons. The molecule has 5 N–H and O–H groups in total. The van der Waals surface area contributed by atoms with Gasteiger partial charge in [0.25, 0.3) is 5.91 Å². The number of hydrogen-bond acceptors (Lipinski definition) is 5. The summed E-state index contributed by atoms with van der Waals surface area (Å²) >= 11 is 0. The van der Waals surface area contributed by atoms with Crippen LogP contribution in [0.2, 0.25) is 0 Å².